The van der Waals surface area contributed by atoms with Crippen molar-refractivity contribution in [3.05, 3.63) is 35.0 Å². The molecular formula is C9H3BrCl6N2. The van der Waals surface area contributed by atoms with Crippen LogP contribution in [0.1, 0.15) is 0 Å². The van der Waals surface area contributed by atoms with Gasteiger partial charge in [-0.2, -0.15) is 0 Å². The molecule has 0 aliphatic heterocycles. The molecule has 0 radical (unpaired) electrons. The molecule has 0 saturated heterocycles. The lowest BCUT2D eigenvalue weighted by atomic mass is 10.6. The molecule has 98 valence electrons. The third-order valence-electron chi connectivity index (χ3n) is 2.34. The molecule has 2 heterocycles. The maximum Gasteiger partial charge on any atom is 0.136 e. The first-order chi connectivity index (χ1) is 8.29. The van der Waals surface area contributed by atoms with Crippen LogP contribution >= 0.6 is 85.5 Å². The van der Waals surface area contributed by atoms with E-state index in [9.17, 15) is 0 Å². The Kier molecular flexibility index (Phi) is 4.45. The molecule has 0 spiro atoms. The highest BCUT2D eigenvalue weighted by Gasteiger charge is 2.25. The molecule has 0 fully saturated rings. The van der Waals surface area contributed by atoms with Gasteiger partial charge in [0.1, 0.15) is 21.3 Å². The molecule has 0 saturated carbocycles. The van der Waals surface area contributed by atoms with Gasteiger partial charge in [0.2, 0.25) is 0 Å². The van der Waals surface area contributed by atoms with Gasteiger partial charge in [0.05, 0.1) is 19.5 Å². The van der Waals surface area contributed by atoms with E-state index in [1.807, 2.05) is 0 Å². The Labute approximate surface area is 141 Å². The number of rotatable bonds is 1. The number of aromatic nitrogens is 2. The fourth-order valence-electron chi connectivity index (χ4n) is 1.47. The van der Waals surface area contributed by atoms with E-state index in [0.29, 0.717) is 20.5 Å². The average Bonchev–Trinajstić information content (AvgIpc) is 2.64. The zero-order valence-electron chi connectivity index (χ0n) is 8.54. The summed E-state index contributed by atoms with van der Waals surface area (Å²) in [6.07, 6.45) is 0. The molecule has 9 heteroatoms. The molecule has 2 aromatic heterocycles. The molecule has 0 aliphatic carbocycles. The van der Waals surface area contributed by atoms with Crippen LogP contribution in [0, 0.1) is 0 Å². The lowest BCUT2D eigenvalue weighted by Gasteiger charge is -2.09. The Balaban J connectivity index is 2.86. The number of halogens is 7. The van der Waals surface area contributed by atoms with Crippen LogP contribution in [0.15, 0.2) is 4.47 Å². The molecule has 0 atom stereocenters. The second-order valence-corrected chi connectivity index (χ2v) is 6.35. The summed E-state index contributed by atoms with van der Waals surface area (Å²) in [6.45, 7) is 0. The number of hydrogen-bond donors (Lipinski definition) is 0. The number of hydrogen-bond acceptors (Lipinski definition) is 0. The van der Waals surface area contributed by atoms with Gasteiger partial charge >= 0.3 is 0 Å². The first-order valence-corrected chi connectivity index (χ1v) is 7.45. The van der Waals surface area contributed by atoms with E-state index in [1.165, 1.54) is 4.57 Å². The number of nitrogens with zero attached hydrogens (tertiary/aromatic N) is 2. The quantitative estimate of drug-likeness (QED) is 0.488. The van der Waals surface area contributed by atoms with Gasteiger partial charge in [-0.05, 0) is 15.9 Å². The minimum Gasteiger partial charge on any atom is -0.319 e. The van der Waals surface area contributed by atoms with Crippen molar-refractivity contribution in [2.75, 3.05) is 0 Å². The first kappa shape index (κ1) is 15.2. The molecule has 2 aromatic rings. The molecule has 0 bridgehead atoms. The molecule has 0 aliphatic rings. The molecule has 0 N–H and O–H groups in total. The fraction of sp³-hybridized carbons (Fsp3) is 0.111. The zero-order chi connectivity index (χ0) is 13.8. The van der Waals surface area contributed by atoms with Crippen molar-refractivity contribution < 1.29 is 0 Å². The van der Waals surface area contributed by atoms with Gasteiger partial charge in [0, 0.05) is 7.05 Å². The fourth-order valence-corrected chi connectivity index (χ4v) is 3.61. The predicted molar refractivity (Wildman–Crippen MR) is 82.5 cm³/mol. The lowest BCUT2D eigenvalue weighted by Crippen LogP contribution is -2.02. The predicted octanol–water partition coefficient (Wildman–Crippen LogP) is 6.50. The van der Waals surface area contributed by atoms with Crippen LogP contribution in [0.3, 0.4) is 0 Å². The SMILES string of the molecule is Cn1c(Cl)c(Cl)c(Br)c1-n1c(Cl)c(Cl)c(Cl)c1Cl. The lowest BCUT2D eigenvalue weighted by molar-refractivity contribution is 0.845. The van der Waals surface area contributed by atoms with Crippen molar-refractivity contribution in [1.29, 1.82) is 0 Å². The maximum absolute atomic E-state index is 6.10. The third kappa shape index (κ3) is 2.08. The average molecular weight is 432 g/mol. The Morgan fingerprint density at radius 2 is 1.22 bits per heavy atom. The Bertz CT molecular complexity index is 537. The van der Waals surface area contributed by atoms with Crippen LogP contribution < -0.4 is 0 Å². The van der Waals surface area contributed by atoms with E-state index >= 15 is 0 Å². The van der Waals surface area contributed by atoms with Gasteiger partial charge in [-0.3, -0.25) is 4.57 Å². The second-order valence-electron chi connectivity index (χ2n) is 3.35. The van der Waals surface area contributed by atoms with Crippen LogP contribution in [0.25, 0.3) is 5.82 Å². The highest BCUT2D eigenvalue weighted by molar-refractivity contribution is 9.10. The summed E-state index contributed by atoms with van der Waals surface area (Å²) in [7, 11) is 1.71. The summed E-state index contributed by atoms with van der Waals surface area (Å²) in [6, 6.07) is 0. The smallest absolute Gasteiger partial charge is 0.136 e. The van der Waals surface area contributed by atoms with Crippen molar-refractivity contribution in [3.8, 4) is 5.82 Å². The maximum atomic E-state index is 6.10. The van der Waals surface area contributed by atoms with E-state index in [4.69, 9.17) is 69.6 Å². The van der Waals surface area contributed by atoms with E-state index in [1.54, 1.807) is 11.6 Å². The molecule has 0 unspecified atom stereocenters. The Morgan fingerprint density at radius 1 is 0.778 bits per heavy atom. The standard InChI is InChI=1S/C9H3BrCl6N2/c1-17-6(14)3(11)2(10)9(17)18-7(15)4(12)5(13)8(18)16/h1H3. The van der Waals surface area contributed by atoms with Crippen molar-refractivity contribution in [2.24, 2.45) is 7.05 Å². The highest BCUT2D eigenvalue weighted by atomic mass is 79.9. The molecule has 0 aromatic carbocycles. The van der Waals surface area contributed by atoms with Gasteiger partial charge in [0.25, 0.3) is 0 Å². The largest absolute Gasteiger partial charge is 0.319 e. The normalized spacial score (nSPS) is 11.3. The van der Waals surface area contributed by atoms with Gasteiger partial charge < -0.3 is 4.57 Å². The van der Waals surface area contributed by atoms with Crippen LogP contribution in [0.5, 0.6) is 0 Å². The van der Waals surface area contributed by atoms with Gasteiger partial charge in [-0.25, -0.2) is 0 Å². The first-order valence-electron chi connectivity index (χ1n) is 4.39. The third-order valence-corrected chi connectivity index (χ3v) is 5.97. The summed E-state index contributed by atoms with van der Waals surface area (Å²) in [5, 5.41) is 1.39. The second kappa shape index (κ2) is 5.28. The van der Waals surface area contributed by atoms with E-state index in [-0.39, 0.29) is 20.4 Å². The molecule has 2 nitrogen and oxygen atoms in total. The van der Waals surface area contributed by atoms with Crippen LogP contribution in [0.4, 0.5) is 0 Å². The molecular weight excluding hydrogens is 429 g/mol. The van der Waals surface area contributed by atoms with Crippen LogP contribution in [-0.4, -0.2) is 9.13 Å². The van der Waals surface area contributed by atoms with Crippen LogP contribution in [-0.2, 0) is 7.05 Å². The van der Waals surface area contributed by atoms with Crippen molar-refractivity contribution in [3.63, 3.8) is 0 Å². The van der Waals surface area contributed by atoms with E-state index < -0.39 is 0 Å². The Morgan fingerprint density at radius 3 is 1.56 bits per heavy atom. The van der Waals surface area contributed by atoms with Crippen molar-refractivity contribution >= 4 is 85.5 Å². The van der Waals surface area contributed by atoms with Gasteiger partial charge in [-0.15, -0.1) is 0 Å². The summed E-state index contributed by atoms with van der Waals surface area (Å²) in [5.74, 6) is 0.536. The summed E-state index contributed by atoms with van der Waals surface area (Å²) >= 11 is 39.5. The molecule has 18 heavy (non-hydrogen) atoms. The topological polar surface area (TPSA) is 9.86 Å². The van der Waals surface area contributed by atoms with Crippen molar-refractivity contribution in [2.45, 2.75) is 0 Å². The molecule has 2 rings (SSSR count). The van der Waals surface area contributed by atoms with E-state index in [0.717, 1.165) is 0 Å². The summed E-state index contributed by atoms with van der Waals surface area (Å²) < 4.78 is 3.61. The summed E-state index contributed by atoms with van der Waals surface area (Å²) in [4.78, 5) is 0. The van der Waals surface area contributed by atoms with Crippen LogP contribution in [0.2, 0.25) is 30.5 Å². The molecule has 0 amide bonds. The summed E-state index contributed by atoms with van der Waals surface area (Å²) in [5.41, 5.74) is 0. The zero-order valence-corrected chi connectivity index (χ0v) is 14.7. The minimum atomic E-state index is 0.170. The minimum absolute atomic E-state index is 0.170. The van der Waals surface area contributed by atoms with Gasteiger partial charge in [-0.1, -0.05) is 69.6 Å². The van der Waals surface area contributed by atoms with Gasteiger partial charge in [0.15, 0.2) is 0 Å². The monoisotopic (exact) mass is 428 g/mol. The van der Waals surface area contributed by atoms with E-state index in [2.05, 4.69) is 15.9 Å². The highest BCUT2D eigenvalue weighted by Crippen LogP contribution is 2.45. The Hall–Kier alpha value is 0.780. The van der Waals surface area contributed by atoms with Crippen molar-refractivity contribution in [1.82, 2.24) is 9.13 Å².